The molecule has 0 spiro atoms. The van der Waals surface area contributed by atoms with E-state index in [1.165, 1.54) is 16.2 Å². The highest BCUT2D eigenvalue weighted by Crippen LogP contribution is 2.26. The summed E-state index contributed by atoms with van der Waals surface area (Å²) in [6, 6.07) is 10.7. The molecule has 2 aromatic rings. The van der Waals surface area contributed by atoms with E-state index in [0.717, 1.165) is 10.6 Å². The van der Waals surface area contributed by atoms with Gasteiger partial charge in [-0.1, -0.05) is 11.6 Å². The first-order chi connectivity index (χ1) is 14.5. The normalized spacial score (nSPS) is 19.2. The summed E-state index contributed by atoms with van der Waals surface area (Å²) in [5.74, 6) is -0.238. The third-order valence-corrected chi connectivity index (χ3v) is 6.05. The van der Waals surface area contributed by atoms with Crippen molar-refractivity contribution in [3.8, 4) is 0 Å². The van der Waals surface area contributed by atoms with Gasteiger partial charge in [-0.3, -0.25) is 14.5 Å². The van der Waals surface area contributed by atoms with E-state index < -0.39 is 12.2 Å². The third kappa shape index (κ3) is 4.75. The lowest BCUT2D eigenvalue weighted by molar-refractivity contribution is -0.125. The minimum absolute atomic E-state index is 0.0765. The molecule has 0 saturated carbocycles. The molecule has 10 heteroatoms. The minimum atomic E-state index is -0.463. The van der Waals surface area contributed by atoms with Crippen LogP contribution in [0.5, 0.6) is 0 Å². The van der Waals surface area contributed by atoms with E-state index in [0.29, 0.717) is 29.7 Å². The summed E-state index contributed by atoms with van der Waals surface area (Å²) in [5.41, 5.74) is 1.43. The Morgan fingerprint density at radius 2 is 1.87 bits per heavy atom. The molecule has 0 unspecified atom stereocenters. The van der Waals surface area contributed by atoms with E-state index in [9.17, 15) is 14.4 Å². The van der Waals surface area contributed by atoms with E-state index in [-0.39, 0.29) is 31.4 Å². The Bertz CT molecular complexity index is 948. The predicted octanol–water partition coefficient (Wildman–Crippen LogP) is 2.45. The Morgan fingerprint density at radius 1 is 1.13 bits per heavy atom. The first-order valence-electron chi connectivity index (χ1n) is 9.47. The average molecular weight is 450 g/mol. The number of hydrogen-bond acceptors (Lipinski definition) is 6. The fourth-order valence-electron chi connectivity index (χ4n) is 3.34. The smallest absolute Gasteiger partial charge is 0.414 e. The predicted molar refractivity (Wildman–Crippen MR) is 113 cm³/mol. The molecule has 8 nitrogen and oxygen atoms in total. The average Bonchev–Trinajstić information content (AvgIpc) is 3.32. The van der Waals surface area contributed by atoms with E-state index in [1.54, 1.807) is 35.2 Å². The summed E-state index contributed by atoms with van der Waals surface area (Å²) < 4.78 is 11.2. The molecule has 1 aromatic heterocycles. The van der Waals surface area contributed by atoms with Crippen LogP contribution in [0.2, 0.25) is 4.34 Å². The van der Waals surface area contributed by atoms with Crippen LogP contribution in [-0.4, -0.2) is 56.9 Å². The quantitative estimate of drug-likeness (QED) is 0.731. The lowest BCUT2D eigenvalue weighted by atomic mass is 10.2. The molecule has 0 aliphatic carbocycles. The third-order valence-electron chi connectivity index (χ3n) is 4.82. The van der Waals surface area contributed by atoms with Gasteiger partial charge < -0.3 is 19.7 Å². The van der Waals surface area contributed by atoms with Crippen molar-refractivity contribution in [2.45, 2.75) is 12.5 Å². The zero-order valence-corrected chi connectivity index (χ0v) is 17.6. The standard InChI is InChI=1S/C20H20ClN3O5S/c21-17-6-5-16(30-17)9-18(25)22-10-15-11-24(20(27)29-15)14-3-1-13(2-4-14)23-7-8-28-12-19(23)26/h1-6,15H,7-12H2,(H,22,25)/t15-/m0/s1. The van der Waals surface area contributed by atoms with Gasteiger partial charge in [0.25, 0.3) is 5.91 Å². The summed E-state index contributed by atoms with van der Waals surface area (Å²) in [6.45, 7) is 1.65. The molecular formula is C20H20ClN3O5S. The maximum atomic E-state index is 12.3. The second-order valence-electron chi connectivity index (χ2n) is 6.92. The number of nitrogens with zero attached hydrogens (tertiary/aromatic N) is 2. The van der Waals surface area contributed by atoms with Gasteiger partial charge in [0.15, 0.2) is 0 Å². The first kappa shape index (κ1) is 20.6. The van der Waals surface area contributed by atoms with Gasteiger partial charge >= 0.3 is 6.09 Å². The number of carbonyl (C=O) groups excluding carboxylic acids is 3. The second kappa shape index (κ2) is 9.03. The maximum Gasteiger partial charge on any atom is 0.414 e. The van der Waals surface area contributed by atoms with Gasteiger partial charge in [-0.05, 0) is 36.4 Å². The van der Waals surface area contributed by atoms with Gasteiger partial charge in [-0.15, -0.1) is 11.3 Å². The Labute approximate surface area is 182 Å². The molecule has 4 rings (SSSR count). The number of hydrogen-bond donors (Lipinski definition) is 1. The van der Waals surface area contributed by atoms with E-state index in [1.807, 2.05) is 6.07 Å². The number of carbonyl (C=O) groups is 3. The SMILES string of the molecule is O=C(Cc1ccc(Cl)s1)NC[C@H]1CN(c2ccc(N3CCOCC3=O)cc2)C(=O)O1. The highest BCUT2D eigenvalue weighted by atomic mass is 35.5. The number of amides is 3. The van der Waals surface area contributed by atoms with Crippen molar-refractivity contribution >= 4 is 52.2 Å². The molecule has 0 radical (unpaired) electrons. The van der Waals surface area contributed by atoms with Crippen molar-refractivity contribution in [2.24, 2.45) is 0 Å². The molecule has 30 heavy (non-hydrogen) atoms. The Balaban J connectivity index is 1.31. The topological polar surface area (TPSA) is 88.2 Å². The molecule has 2 fully saturated rings. The van der Waals surface area contributed by atoms with E-state index in [4.69, 9.17) is 21.1 Å². The van der Waals surface area contributed by atoms with E-state index in [2.05, 4.69) is 5.32 Å². The highest BCUT2D eigenvalue weighted by molar-refractivity contribution is 7.16. The molecule has 2 aliphatic heterocycles. The van der Waals surface area contributed by atoms with Crippen LogP contribution in [-0.2, 0) is 25.5 Å². The van der Waals surface area contributed by atoms with Crippen molar-refractivity contribution in [2.75, 3.05) is 42.6 Å². The van der Waals surface area contributed by atoms with Gasteiger partial charge in [0, 0.05) is 22.8 Å². The largest absolute Gasteiger partial charge is 0.442 e. The molecule has 158 valence electrons. The molecule has 3 amide bonds. The summed E-state index contributed by atoms with van der Waals surface area (Å²) in [4.78, 5) is 40.3. The number of anilines is 2. The highest BCUT2D eigenvalue weighted by Gasteiger charge is 2.32. The van der Waals surface area contributed by atoms with Gasteiger partial charge in [0.05, 0.1) is 30.5 Å². The van der Waals surface area contributed by atoms with Crippen LogP contribution >= 0.6 is 22.9 Å². The van der Waals surface area contributed by atoms with Crippen LogP contribution < -0.4 is 15.1 Å². The summed E-state index contributed by atoms with van der Waals surface area (Å²) >= 11 is 7.24. The van der Waals surface area contributed by atoms with Gasteiger partial charge in [0.2, 0.25) is 5.91 Å². The van der Waals surface area contributed by atoms with Crippen molar-refractivity contribution < 1.29 is 23.9 Å². The monoisotopic (exact) mass is 449 g/mol. The number of halogens is 1. The number of nitrogens with one attached hydrogen (secondary N) is 1. The molecular weight excluding hydrogens is 430 g/mol. The molecule has 2 saturated heterocycles. The number of cyclic esters (lactones) is 1. The zero-order valence-electron chi connectivity index (χ0n) is 16.0. The first-order valence-corrected chi connectivity index (χ1v) is 10.7. The fourth-order valence-corrected chi connectivity index (χ4v) is 4.42. The molecule has 0 bridgehead atoms. The van der Waals surface area contributed by atoms with Crippen LogP contribution in [0, 0.1) is 0 Å². The Hall–Kier alpha value is -2.62. The number of morpholine rings is 1. The van der Waals surface area contributed by atoms with Crippen LogP contribution in [0.25, 0.3) is 0 Å². The second-order valence-corrected chi connectivity index (χ2v) is 8.72. The summed E-state index contributed by atoms with van der Waals surface area (Å²) in [6.07, 6.45) is -0.660. The Morgan fingerprint density at radius 3 is 2.53 bits per heavy atom. The van der Waals surface area contributed by atoms with Crippen LogP contribution in [0.15, 0.2) is 36.4 Å². The molecule has 3 heterocycles. The van der Waals surface area contributed by atoms with Crippen molar-refractivity contribution in [3.05, 3.63) is 45.6 Å². The zero-order chi connectivity index (χ0) is 21.1. The summed E-state index contributed by atoms with van der Waals surface area (Å²) in [7, 11) is 0. The number of rotatable bonds is 6. The fraction of sp³-hybridized carbons (Fsp3) is 0.350. The van der Waals surface area contributed by atoms with Gasteiger partial charge in [0.1, 0.15) is 12.7 Å². The minimum Gasteiger partial charge on any atom is -0.442 e. The maximum absolute atomic E-state index is 12.3. The van der Waals surface area contributed by atoms with Gasteiger partial charge in [-0.2, -0.15) is 0 Å². The number of benzene rings is 1. The van der Waals surface area contributed by atoms with Crippen molar-refractivity contribution in [1.82, 2.24) is 5.32 Å². The lowest BCUT2D eigenvalue weighted by Crippen LogP contribution is -2.41. The van der Waals surface area contributed by atoms with Gasteiger partial charge in [-0.25, -0.2) is 4.79 Å². The van der Waals surface area contributed by atoms with Crippen molar-refractivity contribution in [1.29, 1.82) is 0 Å². The van der Waals surface area contributed by atoms with Crippen molar-refractivity contribution in [3.63, 3.8) is 0 Å². The lowest BCUT2D eigenvalue weighted by Gasteiger charge is -2.27. The van der Waals surface area contributed by atoms with E-state index >= 15 is 0 Å². The Kier molecular flexibility index (Phi) is 6.21. The summed E-state index contributed by atoms with van der Waals surface area (Å²) in [5, 5.41) is 2.80. The van der Waals surface area contributed by atoms with Crippen LogP contribution in [0.3, 0.4) is 0 Å². The molecule has 2 aliphatic rings. The molecule has 1 aromatic carbocycles. The van der Waals surface area contributed by atoms with Crippen LogP contribution in [0.4, 0.5) is 16.2 Å². The number of thiophene rings is 1. The number of ether oxygens (including phenoxy) is 2. The molecule has 1 atom stereocenters. The molecule has 1 N–H and O–H groups in total. The van der Waals surface area contributed by atoms with Crippen LogP contribution in [0.1, 0.15) is 4.88 Å².